The Morgan fingerprint density at radius 2 is 2.26 bits per heavy atom. The van der Waals surface area contributed by atoms with Crippen molar-refractivity contribution in [3.05, 3.63) is 29.3 Å². The molecule has 0 heterocycles. The lowest BCUT2D eigenvalue weighted by atomic mass is 10.3. The number of methoxy groups -OCH3 is 1. The first-order valence-electron chi connectivity index (χ1n) is 6.08. The van der Waals surface area contributed by atoms with E-state index in [4.69, 9.17) is 21.4 Å². The summed E-state index contributed by atoms with van der Waals surface area (Å²) < 4.78 is 4.95. The number of hydrogen-bond acceptors (Lipinski definition) is 3. The Labute approximate surface area is 118 Å². The molecule has 6 heteroatoms. The van der Waals surface area contributed by atoms with Crippen molar-refractivity contribution in [3.8, 4) is 0 Å². The number of aliphatic hydroxyl groups excluding tert-OH is 1. The lowest BCUT2D eigenvalue weighted by molar-refractivity contribution is 0.162. The first kappa shape index (κ1) is 15.8. The second-order valence-corrected chi connectivity index (χ2v) is 4.43. The molecule has 1 aromatic rings. The predicted molar refractivity (Wildman–Crippen MR) is 75.6 cm³/mol. The number of carbonyl (C=O) groups is 1. The fourth-order valence-corrected chi connectivity index (χ4v) is 1.79. The zero-order valence-corrected chi connectivity index (χ0v) is 11.7. The summed E-state index contributed by atoms with van der Waals surface area (Å²) in [7, 11) is 1.61. The molecule has 0 fully saturated rings. The normalized spacial score (nSPS) is 10.3. The highest BCUT2D eigenvalue weighted by Gasteiger charge is 2.12. The van der Waals surface area contributed by atoms with E-state index >= 15 is 0 Å². The molecule has 1 rings (SSSR count). The summed E-state index contributed by atoms with van der Waals surface area (Å²) in [6, 6.07) is 6.68. The molecular weight excluding hydrogens is 268 g/mol. The quantitative estimate of drug-likeness (QED) is 0.756. The molecule has 2 N–H and O–H groups in total. The second-order valence-electron chi connectivity index (χ2n) is 4.00. The van der Waals surface area contributed by atoms with Gasteiger partial charge < -0.3 is 20.1 Å². The van der Waals surface area contributed by atoms with E-state index in [0.717, 1.165) is 6.42 Å². The Bertz CT molecular complexity index is 401. The number of urea groups is 1. The summed E-state index contributed by atoms with van der Waals surface area (Å²) in [4.78, 5) is 13.6. The molecule has 0 unspecified atom stereocenters. The van der Waals surface area contributed by atoms with E-state index in [-0.39, 0.29) is 19.2 Å². The van der Waals surface area contributed by atoms with Crippen LogP contribution < -0.4 is 5.32 Å². The minimum atomic E-state index is -0.257. The number of nitrogens with zero attached hydrogens (tertiary/aromatic N) is 1. The van der Waals surface area contributed by atoms with Crippen LogP contribution in [0.15, 0.2) is 24.3 Å². The maximum atomic E-state index is 12.0. The van der Waals surface area contributed by atoms with Crippen molar-refractivity contribution in [1.82, 2.24) is 4.90 Å². The Morgan fingerprint density at radius 3 is 2.89 bits per heavy atom. The molecule has 0 aliphatic heterocycles. The standard InChI is InChI=1S/C13H19ClN2O3/c1-19-9-3-6-16(7-8-17)13(18)15-12-5-2-4-11(14)10-12/h2,4-5,10,17H,3,6-9H2,1H3,(H,15,18). The third kappa shape index (κ3) is 5.92. The Hall–Kier alpha value is -1.30. The van der Waals surface area contributed by atoms with E-state index in [1.807, 2.05) is 0 Å². The molecule has 0 aliphatic carbocycles. The van der Waals surface area contributed by atoms with Gasteiger partial charge in [-0.25, -0.2) is 4.79 Å². The molecule has 0 aliphatic rings. The summed E-state index contributed by atoms with van der Waals surface area (Å²) >= 11 is 5.85. The number of nitrogens with one attached hydrogen (secondary N) is 1. The number of ether oxygens (including phenoxy) is 1. The van der Waals surface area contributed by atoms with Gasteiger partial charge in [-0.3, -0.25) is 0 Å². The van der Waals surface area contributed by atoms with Crippen LogP contribution in [0, 0.1) is 0 Å². The molecule has 0 spiro atoms. The van der Waals surface area contributed by atoms with Gasteiger partial charge in [-0.05, 0) is 24.6 Å². The van der Waals surface area contributed by atoms with Crippen LogP contribution in [0.1, 0.15) is 6.42 Å². The van der Waals surface area contributed by atoms with Crippen molar-refractivity contribution in [2.24, 2.45) is 0 Å². The van der Waals surface area contributed by atoms with Crippen molar-refractivity contribution in [2.45, 2.75) is 6.42 Å². The lowest BCUT2D eigenvalue weighted by Gasteiger charge is -2.22. The molecule has 0 saturated heterocycles. The highest BCUT2D eigenvalue weighted by Crippen LogP contribution is 2.15. The minimum absolute atomic E-state index is 0.0735. The molecule has 2 amide bonds. The Kier molecular flexibility index (Phi) is 7.25. The smallest absolute Gasteiger partial charge is 0.321 e. The topological polar surface area (TPSA) is 61.8 Å². The van der Waals surface area contributed by atoms with Gasteiger partial charge >= 0.3 is 6.03 Å². The molecule has 0 bridgehead atoms. The Balaban J connectivity index is 2.55. The fourth-order valence-electron chi connectivity index (χ4n) is 1.60. The molecule has 5 nitrogen and oxygen atoms in total. The van der Waals surface area contributed by atoms with E-state index in [1.54, 1.807) is 36.3 Å². The minimum Gasteiger partial charge on any atom is -0.395 e. The zero-order valence-electron chi connectivity index (χ0n) is 10.9. The molecule has 0 aromatic heterocycles. The van der Waals surface area contributed by atoms with Crippen molar-refractivity contribution < 1.29 is 14.6 Å². The number of hydrogen-bond donors (Lipinski definition) is 2. The molecule has 0 atom stereocenters. The second kappa shape index (κ2) is 8.74. The zero-order chi connectivity index (χ0) is 14.1. The number of benzene rings is 1. The van der Waals surface area contributed by atoms with Crippen molar-refractivity contribution in [2.75, 3.05) is 38.7 Å². The predicted octanol–water partition coefficient (Wildman–Crippen LogP) is 2.20. The summed E-state index contributed by atoms with van der Waals surface area (Å²) in [5.41, 5.74) is 0.632. The van der Waals surface area contributed by atoms with Crippen molar-refractivity contribution >= 4 is 23.3 Å². The van der Waals surface area contributed by atoms with Gasteiger partial charge in [0.05, 0.1) is 6.61 Å². The van der Waals surface area contributed by atoms with E-state index in [2.05, 4.69) is 5.32 Å². The van der Waals surface area contributed by atoms with Crippen LogP contribution in [-0.2, 0) is 4.74 Å². The van der Waals surface area contributed by atoms with Gasteiger partial charge in [0.25, 0.3) is 0 Å². The number of aliphatic hydroxyl groups is 1. The van der Waals surface area contributed by atoms with Crippen LogP contribution in [0.2, 0.25) is 5.02 Å². The molecule has 1 aromatic carbocycles. The summed E-state index contributed by atoms with van der Waals surface area (Å²) in [6.07, 6.45) is 0.722. The van der Waals surface area contributed by atoms with Crippen molar-refractivity contribution in [3.63, 3.8) is 0 Å². The van der Waals surface area contributed by atoms with E-state index < -0.39 is 0 Å². The van der Waals surface area contributed by atoms with Gasteiger partial charge in [0.2, 0.25) is 0 Å². The molecule has 0 saturated carbocycles. The average Bonchev–Trinajstić information content (AvgIpc) is 2.38. The van der Waals surface area contributed by atoms with Gasteiger partial charge in [-0.2, -0.15) is 0 Å². The average molecular weight is 287 g/mol. The maximum absolute atomic E-state index is 12.0. The van der Waals surface area contributed by atoms with E-state index in [0.29, 0.717) is 23.9 Å². The monoisotopic (exact) mass is 286 g/mol. The van der Waals surface area contributed by atoms with Gasteiger partial charge in [0.1, 0.15) is 0 Å². The lowest BCUT2D eigenvalue weighted by Crippen LogP contribution is -2.38. The first-order chi connectivity index (χ1) is 9.17. The van der Waals surface area contributed by atoms with Crippen LogP contribution in [0.3, 0.4) is 0 Å². The van der Waals surface area contributed by atoms with Gasteiger partial charge in [-0.15, -0.1) is 0 Å². The number of carbonyl (C=O) groups excluding carboxylic acids is 1. The summed E-state index contributed by atoms with van der Waals surface area (Å²) in [6.45, 7) is 1.32. The molecule has 19 heavy (non-hydrogen) atoms. The van der Waals surface area contributed by atoms with Crippen molar-refractivity contribution in [1.29, 1.82) is 0 Å². The SMILES string of the molecule is COCCCN(CCO)C(=O)Nc1cccc(Cl)c1. The third-order valence-corrected chi connectivity index (χ3v) is 2.74. The number of amides is 2. The number of rotatable bonds is 7. The van der Waals surface area contributed by atoms with Gasteiger partial charge in [-0.1, -0.05) is 17.7 Å². The highest BCUT2D eigenvalue weighted by atomic mass is 35.5. The molecule has 106 valence electrons. The van der Waals surface area contributed by atoms with E-state index in [9.17, 15) is 4.79 Å². The fraction of sp³-hybridized carbons (Fsp3) is 0.462. The van der Waals surface area contributed by atoms with Gasteiger partial charge in [0, 0.05) is 37.5 Å². The summed E-state index contributed by atoms with van der Waals surface area (Å²) in [5.74, 6) is 0. The van der Waals surface area contributed by atoms with Gasteiger partial charge in [0.15, 0.2) is 0 Å². The van der Waals surface area contributed by atoms with E-state index in [1.165, 1.54) is 0 Å². The molecule has 0 radical (unpaired) electrons. The Morgan fingerprint density at radius 1 is 1.47 bits per heavy atom. The van der Waals surface area contributed by atoms with Crippen LogP contribution in [0.4, 0.5) is 10.5 Å². The van der Waals surface area contributed by atoms with Crippen LogP contribution in [0.5, 0.6) is 0 Å². The third-order valence-electron chi connectivity index (χ3n) is 2.51. The summed E-state index contributed by atoms with van der Waals surface area (Å²) in [5, 5.41) is 12.3. The first-order valence-corrected chi connectivity index (χ1v) is 6.46. The largest absolute Gasteiger partial charge is 0.395 e. The number of anilines is 1. The van der Waals surface area contributed by atoms with Crippen LogP contribution in [0.25, 0.3) is 0 Å². The maximum Gasteiger partial charge on any atom is 0.321 e. The van der Waals surface area contributed by atoms with Crippen LogP contribution in [-0.4, -0.2) is 49.5 Å². The molecular formula is C13H19ClN2O3. The highest BCUT2D eigenvalue weighted by molar-refractivity contribution is 6.30. The van der Waals surface area contributed by atoms with Crippen LogP contribution >= 0.6 is 11.6 Å². The number of halogens is 1.